The number of fused-ring (bicyclic) bond motifs is 1. The second-order valence-corrected chi connectivity index (χ2v) is 8.73. The number of sulfonamides is 1. The zero-order valence-electron chi connectivity index (χ0n) is 13.7. The molecule has 1 aliphatic carbocycles. The van der Waals surface area contributed by atoms with Crippen molar-refractivity contribution in [1.29, 1.82) is 0 Å². The minimum absolute atomic E-state index is 0.162. The van der Waals surface area contributed by atoms with E-state index in [0.717, 1.165) is 37.1 Å². The molecular formula is C19H23N2O2S+. The Bertz CT molecular complexity index is 826. The molecule has 1 saturated carbocycles. The Labute approximate surface area is 143 Å². The molecular weight excluding hydrogens is 320 g/mol. The second kappa shape index (κ2) is 6.20. The number of nitrogens with one attached hydrogen (secondary N) is 1. The number of aryl methyl sites for hydroxylation is 1. The quantitative estimate of drug-likeness (QED) is 0.852. The standard InChI is InChI=1S/C19H22N2O2S/c22-24(23)14-13-21-12-4-7-18(19(21)20-24)17-10-8-16(9-11-17)15-5-2-1-3-6-15/h1-7,12,16-17H,8-11,13-14H2/p+1. The van der Waals surface area contributed by atoms with Gasteiger partial charge >= 0.3 is 10.0 Å². The van der Waals surface area contributed by atoms with E-state index in [0.29, 0.717) is 18.4 Å². The number of pyridine rings is 1. The maximum atomic E-state index is 12.0. The maximum Gasteiger partial charge on any atom is 0.302 e. The lowest BCUT2D eigenvalue weighted by Crippen LogP contribution is -2.47. The summed E-state index contributed by atoms with van der Waals surface area (Å²) < 4.78 is 28.7. The van der Waals surface area contributed by atoms with E-state index in [1.54, 1.807) is 0 Å². The number of nitrogens with zero attached hydrogens (tertiary/aromatic N) is 1. The smallest absolute Gasteiger partial charge is 0.232 e. The highest BCUT2D eigenvalue weighted by molar-refractivity contribution is 7.92. The highest BCUT2D eigenvalue weighted by Crippen LogP contribution is 2.42. The van der Waals surface area contributed by atoms with Crippen molar-refractivity contribution in [3.63, 3.8) is 0 Å². The van der Waals surface area contributed by atoms with Gasteiger partial charge in [-0.05, 0) is 55.2 Å². The van der Waals surface area contributed by atoms with Crippen molar-refractivity contribution in [2.45, 2.75) is 44.1 Å². The van der Waals surface area contributed by atoms with Crippen LogP contribution in [-0.4, -0.2) is 14.2 Å². The molecule has 126 valence electrons. The Hall–Kier alpha value is -1.88. The van der Waals surface area contributed by atoms with Crippen molar-refractivity contribution in [2.75, 3.05) is 10.5 Å². The maximum absolute atomic E-state index is 12.0. The Balaban J connectivity index is 1.55. The molecule has 0 atom stereocenters. The van der Waals surface area contributed by atoms with E-state index in [-0.39, 0.29) is 5.75 Å². The number of aromatic nitrogens is 1. The molecule has 1 N–H and O–H groups in total. The van der Waals surface area contributed by atoms with Gasteiger partial charge in [0.05, 0.1) is 6.20 Å². The van der Waals surface area contributed by atoms with Crippen LogP contribution < -0.4 is 9.29 Å². The number of hydrogen-bond donors (Lipinski definition) is 1. The van der Waals surface area contributed by atoms with Crippen molar-refractivity contribution >= 4 is 15.8 Å². The Morgan fingerprint density at radius 1 is 0.917 bits per heavy atom. The van der Waals surface area contributed by atoms with Crippen molar-refractivity contribution in [2.24, 2.45) is 0 Å². The summed E-state index contributed by atoms with van der Waals surface area (Å²) in [5.41, 5.74) is 2.59. The third-order valence-corrected chi connectivity index (χ3v) is 6.62. The van der Waals surface area contributed by atoms with Gasteiger partial charge in [-0.1, -0.05) is 30.3 Å². The summed E-state index contributed by atoms with van der Waals surface area (Å²) in [6.45, 7) is 0.540. The summed E-state index contributed by atoms with van der Waals surface area (Å²) in [4.78, 5) is 0. The zero-order valence-corrected chi connectivity index (χ0v) is 14.5. The SMILES string of the molecule is O=S1(=O)CC[n+]2cccc(C3CCC(c4ccccc4)CC3)c2N1. The molecule has 4 rings (SSSR count). The molecule has 5 heteroatoms. The first-order valence-corrected chi connectivity index (χ1v) is 10.4. The lowest BCUT2D eigenvalue weighted by Gasteiger charge is -2.29. The van der Waals surface area contributed by atoms with Crippen LogP contribution in [0, 0.1) is 0 Å². The molecule has 0 radical (unpaired) electrons. The molecule has 2 aromatic rings. The van der Waals surface area contributed by atoms with E-state index < -0.39 is 10.0 Å². The highest BCUT2D eigenvalue weighted by Gasteiger charge is 2.33. The van der Waals surface area contributed by atoms with E-state index in [1.165, 1.54) is 5.56 Å². The summed E-state index contributed by atoms with van der Waals surface area (Å²) in [5.74, 6) is 2.01. The van der Waals surface area contributed by atoms with Gasteiger partial charge in [0.2, 0.25) is 0 Å². The molecule has 0 spiro atoms. The van der Waals surface area contributed by atoms with Gasteiger partial charge in [0.25, 0.3) is 5.82 Å². The van der Waals surface area contributed by atoms with Gasteiger partial charge < -0.3 is 0 Å². The summed E-state index contributed by atoms with van der Waals surface area (Å²) in [7, 11) is -3.18. The van der Waals surface area contributed by atoms with Crippen LogP contribution in [0.25, 0.3) is 0 Å². The number of hydrogen-bond acceptors (Lipinski definition) is 2. The van der Waals surface area contributed by atoms with Crippen molar-refractivity contribution < 1.29 is 13.0 Å². The molecule has 1 aliphatic heterocycles. The largest absolute Gasteiger partial charge is 0.302 e. The number of benzene rings is 1. The van der Waals surface area contributed by atoms with Crippen LogP contribution in [0.2, 0.25) is 0 Å². The van der Waals surface area contributed by atoms with Gasteiger partial charge in [0.15, 0.2) is 0 Å². The van der Waals surface area contributed by atoms with Gasteiger partial charge in [-0.3, -0.25) is 0 Å². The molecule has 2 aliphatic rings. The Morgan fingerprint density at radius 2 is 1.62 bits per heavy atom. The predicted octanol–water partition coefficient (Wildman–Crippen LogP) is 3.17. The lowest BCUT2D eigenvalue weighted by atomic mass is 9.76. The van der Waals surface area contributed by atoms with Crippen LogP contribution in [0.4, 0.5) is 5.82 Å². The Morgan fingerprint density at radius 3 is 2.38 bits per heavy atom. The molecule has 0 bridgehead atoms. The number of anilines is 1. The minimum Gasteiger partial charge on any atom is -0.232 e. The molecule has 24 heavy (non-hydrogen) atoms. The molecule has 2 heterocycles. The van der Waals surface area contributed by atoms with Crippen molar-refractivity contribution in [3.05, 3.63) is 59.8 Å². The van der Waals surface area contributed by atoms with Gasteiger partial charge in [-0.15, -0.1) is 0 Å². The lowest BCUT2D eigenvalue weighted by molar-refractivity contribution is -0.679. The predicted molar refractivity (Wildman–Crippen MR) is 94.4 cm³/mol. The first-order valence-electron chi connectivity index (χ1n) is 8.70. The van der Waals surface area contributed by atoms with Gasteiger partial charge in [-0.25, -0.2) is 4.57 Å². The van der Waals surface area contributed by atoms with Crippen molar-refractivity contribution in [3.8, 4) is 0 Å². The minimum atomic E-state index is -3.18. The summed E-state index contributed by atoms with van der Waals surface area (Å²) in [5, 5.41) is 0. The fraction of sp³-hybridized carbons (Fsp3) is 0.421. The summed E-state index contributed by atoms with van der Waals surface area (Å²) in [6.07, 6.45) is 6.51. The van der Waals surface area contributed by atoms with Crippen LogP contribution in [-0.2, 0) is 16.6 Å². The first kappa shape index (κ1) is 15.6. The molecule has 1 aromatic heterocycles. The first-order chi connectivity index (χ1) is 11.6. The second-order valence-electron chi connectivity index (χ2n) is 6.89. The van der Waals surface area contributed by atoms with Gasteiger partial charge in [0.1, 0.15) is 12.3 Å². The van der Waals surface area contributed by atoms with Crippen LogP contribution >= 0.6 is 0 Å². The summed E-state index contributed by atoms with van der Waals surface area (Å²) in [6, 6.07) is 14.9. The van der Waals surface area contributed by atoms with Crippen molar-refractivity contribution in [1.82, 2.24) is 0 Å². The Kier molecular flexibility index (Phi) is 4.04. The van der Waals surface area contributed by atoms with Crippen LogP contribution in [0.3, 0.4) is 0 Å². The van der Waals surface area contributed by atoms with Crippen LogP contribution in [0.5, 0.6) is 0 Å². The molecule has 1 fully saturated rings. The number of rotatable bonds is 2. The van der Waals surface area contributed by atoms with E-state index >= 15 is 0 Å². The fourth-order valence-corrected chi connectivity index (χ4v) is 5.15. The average molecular weight is 343 g/mol. The van der Waals surface area contributed by atoms with Gasteiger partial charge in [-0.2, -0.15) is 13.1 Å². The van der Waals surface area contributed by atoms with E-state index in [9.17, 15) is 8.42 Å². The third kappa shape index (κ3) is 3.05. The third-order valence-electron chi connectivity index (χ3n) is 5.39. The molecule has 0 saturated heterocycles. The highest BCUT2D eigenvalue weighted by atomic mass is 32.2. The summed E-state index contributed by atoms with van der Waals surface area (Å²) >= 11 is 0. The van der Waals surface area contributed by atoms with E-state index in [2.05, 4.69) is 41.1 Å². The topological polar surface area (TPSA) is 50.1 Å². The normalized spacial score (nSPS) is 25.5. The van der Waals surface area contributed by atoms with Crippen LogP contribution in [0.15, 0.2) is 48.7 Å². The van der Waals surface area contributed by atoms with E-state index in [4.69, 9.17) is 0 Å². The molecule has 0 amide bonds. The average Bonchev–Trinajstić information content (AvgIpc) is 2.61. The monoisotopic (exact) mass is 343 g/mol. The fourth-order valence-electron chi connectivity index (χ4n) is 4.08. The van der Waals surface area contributed by atoms with E-state index in [1.807, 2.05) is 16.8 Å². The molecule has 0 unspecified atom stereocenters. The zero-order chi connectivity index (χ0) is 16.6. The molecule has 4 nitrogen and oxygen atoms in total. The van der Waals surface area contributed by atoms with Gasteiger partial charge in [0, 0.05) is 5.56 Å². The molecule has 1 aromatic carbocycles. The van der Waals surface area contributed by atoms with Crippen LogP contribution in [0.1, 0.15) is 48.6 Å².